The Morgan fingerprint density at radius 1 is 0.676 bits per heavy atom. The molecule has 0 N–H and O–H groups in total. The molecule has 0 unspecified atom stereocenters. The van der Waals surface area contributed by atoms with E-state index < -0.39 is 0 Å². The van der Waals surface area contributed by atoms with Crippen molar-refractivity contribution in [2.24, 2.45) is 0 Å². The fourth-order valence-corrected chi connectivity index (χ4v) is 4.70. The van der Waals surface area contributed by atoms with E-state index in [-0.39, 0.29) is 0 Å². The largest absolute Gasteiger partial charge is 0.493 e. The minimum atomic E-state index is 0.657. The van der Waals surface area contributed by atoms with Crippen molar-refractivity contribution in [1.29, 1.82) is 0 Å². The Bertz CT molecular complexity index is 1100. The molecular weight excluding hydrogens is 424 g/mol. The highest BCUT2D eigenvalue weighted by Crippen LogP contribution is 2.40. The van der Waals surface area contributed by atoms with Crippen LogP contribution in [-0.2, 0) is 13.1 Å². The number of piperazine rings is 1. The fourth-order valence-electron chi connectivity index (χ4n) is 4.70. The molecule has 4 rings (SSSR count). The quantitative estimate of drug-likeness (QED) is 0.455. The predicted octanol–water partition coefficient (Wildman–Crippen LogP) is 5.31. The van der Waals surface area contributed by atoms with Gasteiger partial charge in [-0.25, -0.2) is 0 Å². The molecule has 180 valence electrons. The highest BCUT2D eigenvalue weighted by atomic mass is 16.5. The van der Waals surface area contributed by atoms with Crippen molar-refractivity contribution in [2.45, 2.75) is 26.9 Å². The second kappa shape index (κ2) is 10.9. The van der Waals surface area contributed by atoms with Crippen molar-refractivity contribution in [2.75, 3.05) is 47.5 Å². The van der Waals surface area contributed by atoms with Gasteiger partial charge in [-0.1, -0.05) is 48.0 Å². The van der Waals surface area contributed by atoms with Crippen LogP contribution >= 0.6 is 0 Å². The van der Waals surface area contributed by atoms with E-state index in [0.717, 1.165) is 50.6 Å². The Morgan fingerprint density at radius 2 is 1.32 bits per heavy atom. The summed E-state index contributed by atoms with van der Waals surface area (Å²) in [6.45, 7) is 10.3. The van der Waals surface area contributed by atoms with Crippen molar-refractivity contribution in [3.05, 3.63) is 76.9 Å². The third-order valence-corrected chi connectivity index (χ3v) is 6.72. The maximum absolute atomic E-state index is 5.67. The van der Waals surface area contributed by atoms with Gasteiger partial charge in [-0.3, -0.25) is 9.80 Å². The number of rotatable bonds is 8. The summed E-state index contributed by atoms with van der Waals surface area (Å²) in [6.07, 6.45) is 0. The summed E-state index contributed by atoms with van der Waals surface area (Å²) >= 11 is 0. The smallest absolute Gasteiger partial charge is 0.203 e. The van der Waals surface area contributed by atoms with Crippen LogP contribution in [0, 0.1) is 13.8 Å². The molecule has 0 atom stereocenters. The van der Waals surface area contributed by atoms with Crippen LogP contribution in [0.4, 0.5) is 0 Å². The van der Waals surface area contributed by atoms with Gasteiger partial charge in [0.2, 0.25) is 5.75 Å². The lowest BCUT2D eigenvalue weighted by atomic mass is 9.97. The maximum Gasteiger partial charge on any atom is 0.203 e. The normalized spacial score (nSPS) is 14.7. The molecule has 0 radical (unpaired) electrons. The summed E-state index contributed by atoms with van der Waals surface area (Å²) in [6, 6.07) is 19.7. The van der Waals surface area contributed by atoms with Crippen LogP contribution in [-0.4, -0.2) is 57.3 Å². The second-order valence-corrected chi connectivity index (χ2v) is 9.06. The summed E-state index contributed by atoms with van der Waals surface area (Å²) < 4.78 is 16.6. The van der Waals surface area contributed by atoms with Crippen LogP contribution in [0.3, 0.4) is 0 Å². The number of benzene rings is 3. The summed E-state index contributed by atoms with van der Waals surface area (Å²) in [4.78, 5) is 5.03. The minimum Gasteiger partial charge on any atom is -0.493 e. The van der Waals surface area contributed by atoms with E-state index >= 15 is 0 Å². The second-order valence-electron chi connectivity index (χ2n) is 9.06. The van der Waals surface area contributed by atoms with E-state index in [1.54, 1.807) is 21.3 Å². The number of nitrogens with zero attached hydrogens (tertiary/aromatic N) is 2. The minimum absolute atomic E-state index is 0.657. The van der Waals surface area contributed by atoms with Crippen LogP contribution in [0.25, 0.3) is 11.1 Å². The lowest BCUT2D eigenvalue weighted by Gasteiger charge is -2.35. The van der Waals surface area contributed by atoms with E-state index in [4.69, 9.17) is 14.2 Å². The first-order valence-electron chi connectivity index (χ1n) is 11.9. The van der Waals surface area contributed by atoms with Crippen LogP contribution in [0.2, 0.25) is 0 Å². The molecule has 1 saturated heterocycles. The monoisotopic (exact) mass is 460 g/mol. The van der Waals surface area contributed by atoms with Crippen molar-refractivity contribution in [3.8, 4) is 28.4 Å². The summed E-state index contributed by atoms with van der Waals surface area (Å²) in [7, 11) is 4.98. The molecule has 0 bridgehead atoms. The number of hydrogen-bond donors (Lipinski definition) is 0. The first kappa shape index (κ1) is 24.1. The first-order chi connectivity index (χ1) is 16.5. The van der Waals surface area contributed by atoms with E-state index in [9.17, 15) is 0 Å². The zero-order valence-corrected chi connectivity index (χ0v) is 21.1. The van der Waals surface area contributed by atoms with Gasteiger partial charge in [0, 0.05) is 44.8 Å². The first-order valence-corrected chi connectivity index (χ1v) is 11.9. The average molecular weight is 461 g/mol. The molecule has 0 aliphatic carbocycles. The Balaban J connectivity index is 1.39. The molecule has 0 amide bonds. The molecule has 3 aromatic rings. The molecule has 5 heteroatoms. The van der Waals surface area contributed by atoms with E-state index in [0.29, 0.717) is 11.5 Å². The predicted molar refractivity (Wildman–Crippen MR) is 138 cm³/mol. The Labute approximate surface area is 203 Å². The molecule has 1 fully saturated rings. The molecule has 0 spiro atoms. The number of methoxy groups -OCH3 is 3. The van der Waals surface area contributed by atoms with Gasteiger partial charge < -0.3 is 14.2 Å². The van der Waals surface area contributed by atoms with Gasteiger partial charge >= 0.3 is 0 Å². The van der Waals surface area contributed by atoms with Gasteiger partial charge in [0.15, 0.2) is 11.5 Å². The molecule has 1 aliphatic heterocycles. The lowest BCUT2D eigenvalue weighted by Crippen LogP contribution is -2.45. The van der Waals surface area contributed by atoms with Crippen LogP contribution in [0.5, 0.6) is 17.2 Å². The van der Waals surface area contributed by atoms with Gasteiger partial charge in [0.05, 0.1) is 21.3 Å². The third-order valence-electron chi connectivity index (χ3n) is 6.72. The van der Waals surface area contributed by atoms with Crippen molar-refractivity contribution < 1.29 is 14.2 Å². The highest BCUT2D eigenvalue weighted by Gasteiger charge is 2.21. The standard InChI is InChI=1S/C29H36N2O3/c1-21-6-10-24(11-7-21)26-18-23(9-8-22(26)2)19-30-14-16-31(17-15-30)20-25-12-13-27(32-3)29(34-5)28(25)33-4/h6-13,18H,14-17,19-20H2,1-5H3. The maximum atomic E-state index is 5.67. The molecule has 5 nitrogen and oxygen atoms in total. The van der Waals surface area contributed by atoms with E-state index in [1.165, 1.54) is 27.8 Å². The van der Waals surface area contributed by atoms with Crippen LogP contribution in [0.15, 0.2) is 54.6 Å². The summed E-state index contributed by atoms with van der Waals surface area (Å²) in [5, 5.41) is 0. The average Bonchev–Trinajstić information content (AvgIpc) is 2.86. The molecule has 0 saturated carbocycles. The highest BCUT2D eigenvalue weighted by molar-refractivity contribution is 5.68. The molecule has 3 aromatic carbocycles. The van der Waals surface area contributed by atoms with Gasteiger partial charge in [0.1, 0.15) is 0 Å². The van der Waals surface area contributed by atoms with Crippen molar-refractivity contribution in [1.82, 2.24) is 9.80 Å². The Kier molecular flexibility index (Phi) is 7.76. The van der Waals surface area contributed by atoms with Crippen molar-refractivity contribution in [3.63, 3.8) is 0 Å². The molecular formula is C29H36N2O3. The van der Waals surface area contributed by atoms with Gasteiger partial charge in [-0.15, -0.1) is 0 Å². The summed E-state index contributed by atoms with van der Waals surface area (Å²) in [5.74, 6) is 2.11. The van der Waals surface area contributed by atoms with Gasteiger partial charge in [0.25, 0.3) is 0 Å². The lowest BCUT2D eigenvalue weighted by molar-refractivity contribution is 0.121. The van der Waals surface area contributed by atoms with Gasteiger partial charge in [-0.05, 0) is 48.2 Å². The topological polar surface area (TPSA) is 34.2 Å². The number of aryl methyl sites for hydroxylation is 2. The summed E-state index contributed by atoms with van der Waals surface area (Å²) in [5.41, 5.74) is 7.73. The van der Waals surface area contributed by atoms with E-state index in [2.05, 4.69) is 72.2 Å². The Hall–Kier alpha value is -3.02. The van der Waals surface area contributed by atoms with Crippen molar-refractivity contribution >= 4 is 0 Å². The third kappa shape index (κ3) is 5.37. The van der Waals surface area contributed by atoms with Crippen LogP contribution < -0.4 is 14.2 Å². The van der Waals surface area contributed by atoms with E-state index in [1.807, 2.05) is 6.07 Å². The zero-order valence-electron chi connectivity index (χ0n) is 21.1. The zero-order chi connectivity index (χ0) is 24.1. The Morgan fingerprint density at radius 3 is 1.94 bits per heavy atom. The fraction of sp³-hybridized carbons (Fsp3) is 0.379. The van der Waals surface area contributed by atoms with Gasteiger partial charge in [-0.2, -0.15) is 0 Å². The molecule has 0 aromatic heterocycles. The van der Waals surface area contributed by atoms with Crippen LogP contribution in [0.1, 0.15) is 22.3 Å². The SMILES string of the molecule is COc1ccc(CN2CCN(Cc3ccc(C)c(-c4ccc(C)cc4)c3)CC2)c(OC)c1OC. The number of hydrogen-bond acceptors (Lipinski definition) is 5. The number of ether oxygens (including phenoxy) is 3. The molecule has 1 aliphatic rings. The molecule has 1 heterocycles. The molecule has 34 heavy (non-hydrogen) atoms.